The maximum atomic E-state index is 11.6. The van der Waals surface area contributed by atoms with Crippen LogP contribution in [0, 0.1) is 0 Å². The Bertz CT molecular complexity index is 368. The molecular weight excluding hydrogens is 208 g/mol. The van der Waals surface area contributed by atoms with Gasteiger partial charge >= 0.3 is 6.03 Å². The molecule has 0 aromatic carbocycles. The molecule has 0 fully saturated rings. The average molecular weight is 222 g/mol. The molecule has 86 valence electrons. The zero-order valence-electron chi connectivity index (χ0n) is 9.61. The number of carbonyl (C=O) groups excluding carboxylic acids is 3. The summed E-state index contributed by atoms with van der Waals surface area (Å²) in [6.07, 6.45) is 1.20. The van der Waals surface area contributed by atoms with Crippen molar-refractivity contribution in [3.63, 3.8) is 0 Å². The monoisotopic (exact) mass is 222 g/mol. The number of hydrogen-bond donors (Lipinski definition) is 0. The summed E-state index contributed by atoms with van der Waals surface area (Å²) >= 11 is 0. The third-order valence-electron chi connectivity index (χ3n) is 1.57. The topological polar surface area (TPSA) is 66.8 Å². The van der Waals surface area contributed by atoms with E-state index in [9.17, 15) is 14.4 Å². The molecule has 0 aliphatic rings. The molecule has 0 aliphatic carbocycles. The third-order valence-corrected chi connectivity index (χ3v) is 1.57. The molecular formula is C11H14N2O3. The van der Waals surface area contributed by atoms with Crippen molar-refractivity contribution in [3.8, 4) is 0 Å². The van der Waals surface area contributed by atoms with Crippen molar-refractivity contribution in [3.05, 3.63) is 24.3 Å². The van der Waals surface area contributed by atoms with Crippen LogP contribution in [0.25, 0.3) is 0 Å². The molecule has 0 aliphatic heterocycles. The summed E-state index contributed by atoms with van der Waals surface area (Å²) in [4.78, 5) is 38.4. The summed E-state index contributed by atoms with van der Waals surface area (Å²) in [5.74, 6) is -1.55. The van der Waals surface area contributed by atoms with E-state index in [1.807, 2.05) is 0 Å². The SMILES string of the molecule is C=C(C)C(=O)N(C(=O)N=CC)C(=O)C(=C)C. The summed E-state index contributed by atoms with van der Waals surface area (Å²) in [5.41, 5.74) is 0.156. The molecule has 0 aromatic heterocycles. The lowest BCUT2D eigenvalue weighted by Crippen LogP contribution is -2.40. The zero-order chi connectivity index (χ0) is 12.9. The maximum Gasteiger partial charge on any atom is 0.357 e. The van der Waals surface area contributed by atoms with E-state index in [-0.39, 0.29) is 11.1 Å². The number of hydrogen-bond acceptors (Lipinski definition) is 3. The van der Waals surface area contributed by atoms with Gasteiger partial charge in [0.1, 0.15) is 0 Å². The Labute approximate surface area is 94.1 Å². The van der Waals surface area contributed by atoms with E-state index in [0.29, 0.717) is 4.90 Å². The number of aliphatic imine (C=N–C) groups is 1. The van der Waals surface area contributed by atoms with E-state index in [4.69, 9.17) is 0 Å². The van der Waals surface area contributed by atoms with E-state index in [0.717, 1.165) is 0 Å². The van der Waals surface area contributed by atoms with Gasteiger partial charge in [-0.3, -0.25) is 9.59 Å². The molecule has 5 heteroatoms. The highest BCUT2D eigenvalue weighted by Crippen LogP contribution is 2.06. The lowest BCUT2D eigenvalue weighted by Gasteiger charge is -2.16. The van der Waals surface area contributed by atoms with Crippen molar-refractivity contribution in [2.45, 2.75) is 20.8 Å². The molecule has 0 saturated heterocycles. The maximum absolute atomic E-state index is 11.6. The first kappa shape index (κ1) is 14.0. The van der Waals surface area contributed by atoms with Gasteiger partial charge in [0, 0.05) is 17.4 Å². The van der Waals surface area contributed by atoms with E-state index in [1.54, 1.807) is 0 Å². The Kier molecular flexibility index (Phi) is 5.01. The molecule has 0 heterocycles. The van der Waals surface area contributed by atoms with Crippen LogP contribution in [0.15, 0.2) is 29.3 Å². The normalized spacial score (nSPS) is 9.94. The minimum absolute atomic E-state index is 0.0780. The predicted molar refractivity (Wildman–Crippen MR) is 61.0 cm³/mol. The fourth-order valence-corrected chi connectivity index (χ4v) is 0.816. The van der Waals surface area contributed by atoms with E-state index < -0.39 is 17.8 Å². The van der Waals surface area contributed by atoms with E-state index in [2.05, 4.69) is 18.2 Å². The van der Waals surface area contributed by atoms with Crippen molar-refractivity contribution in [1.82, 2.24) is 4.90 Å². The molecule has 5 nitrogen and oxygen atoms in total. The lowest BCUT2D eigenvalue weighted by molar-refractivity contribution is -0.136. The Morgan fingerprint density at radius 2 is 1.44 bits per heavy atom. The Morgan fingerprint density at radius 1 is 1.06 bits per heavy atom. The second-order valence-corrected chi connectivity index (χ2v) is 3.18. The van der Waals surface area contributed by atoms with Crippen LogP contribution in [0.3, 0.4) is 0 Å². The number of urea groups is 1. The van der Waals surface area contributed by atoms with Crippen molar-refractivity contribution >= 4 is 24.1 Å². The lowest BCUT2D eigenvalue weighted by atomic mass is 10.2. The molecule has 4 amide bonds. The predicted octanol–water partition coefficient (Wildman–Crippen LogP) is 1.70. The highest BCUT2D eigenvalue weighted by Gasteiger charge is 2.28. The standard InChI is InChI=1S/C11H14N2O3/c1-6-12-11(16)13(9(14)7(2)3)10(15)8(4)5/h6H,2,4H2,1,3,5H3. The summed E-state index contributed by atoms with van der Waals surface area (Å²) in [7, 11) is 0. The van der Waals surface area contributed by atoms with E-state index >= 15 is 0 Å². The van der Waals surface area contributed by atoms with Crippen LogP contribution in [-0.2, 0) is 9.59 Å². The number of carbonyl (C=O) groups is 3. The van der Waals surface area contributed by atoms with Gasteiger partial charge in [0.2, 0.25) is 0 Å². The summed E-state index contributed by atoms with van der Waals surface area (Å²) < 4.78 is 0. The van der Waals surface area contributed by atoms with Crippen molar-refractivity contribution in [2.75, 3.05) is 0 Å². The summed E-state index contributed by atoms with van der Waals surface area (Å²) in [5, 5.41) is 0. The van der Waals surface area contributed by atoms with Gasteiger partial charge in [-0.05, 0) is 20.8 Å². The van der Waals surface area contributed by atoms with Gasteiger partial charge in [0.25, 0.3) is 11.8 Å². The van der Waals surface area contributed by atoms with Crippen LogP contribution in [0.4, 0.5) is 4.79 Å². The van der Waals surface area contributed by atoms with Crippen LogP contribution < -0.4 is 0 Å². The number of nitrogens with zero attached hydrogens (tertiary/aromatic N) is 2. The number of amides is 4. The van der Waals surface area contributed by atoms with Crippen LogP contribution >= 0.6 is 0 Å². The highest BCUT2D eigenvalue weighted by atomic mass is 16.2. The Balaban J connectivity index is 5.29. The smallest absolute Gasteiger partial charge is 0.268 e. The second-order valence-electron chi connectivity index (χ2n) is 3.18. The first-order valence-corrected chi connectivity index (χ1v) is 4.55. The fourth-order valence-electron chi connectivity index (χ4n) is 0.816. The Hall–Kier alpha value is -2.04. The molecule has 0 bridgehead atoms. The van der Waals surface area contributed by atoms with Gasteiger partial charge in [0.15, 0.2) is 0 Å². The van der Waals surface area contributed by atoms with Gasteiger partial charge in [-0.15, -0.1) is 0 Å². The average Bonchev–Trinajstić information content (AvgIpc) is 2.17. The van der Waals surface area contributed by atoms with Crippen LogP contribution in [-0.4, -0.2) is 29.0 Å². The molecule has 0 atom stereocenters. The zero-order valence-corrected chi connectivity index (χ0v) is 9.61. The fraction of sp³-hybridized carbons (Fsp3) is 0.273. The van der Waals surface area contributed by atoms with Gasteiger partial charge in [0.05, 0.1) is 0 Å². The van der Waals surface area contributed by atoms with Crippen molar-refractivity contribution in [2.24, 2.45) is 4.99 Å². The Morgan fingerprint density at radius 3 is 1.69 bits per heavy atom. The molecule has 16 heavy (non-hydrogen) atoms. The van der Waals surface area contributed by atoms with Crippen molar-refractivity contribution < 1.29 is 14.4 Å². The number of imide groups is 3. The van der Waals surface area contributed by atoms with Gasteiger partial charge in [-0.25, -0.2) is 9.79 Å². The minimum atomic E-state index is -0.941. The van der Waals surface area contributed by atoms with Crippen LogP contribution in [0.5, 0.6) is 0 Å². The first-order chi connectivity index (χ1) is 7.32. The van der Waals surface area contributed by atoms with Crippen molar-refractivity contribution in [1.29, 1.82) is 0 Å². The quantitative estimate of drug-likeness (QED) is 0.527. The number of rotatable bonds is 2. The second kappa shape index (κ2) is 5.75. The highest BCUT2D eigenvalue weighted by molar-refractivity contribution is 6.19. The minimum Gasteiger partial charge on any atom is -0.268 e. The third kappa shape index (κ3) is 3.27. The van der Waals surface area contributed by atoms with Gasteiger partial charge < -0.3 is 0 Å². The molecule has 0 radical (unpaired) electrons. The van der Waals surface area contributed by atoms with E-state index in [1.165, 1.54) is 27.0 Å². The van der Waals surface area contributed by atoms with Gasteiger partial charge in [-0.2, -0.15) is 4.90 Å². The largest absolute Gasteiger partial charge is 0.357 e. The van der Waals surface area contributed by atoms with Gasteiger partial charge in [-0.1, -0.05) is 13.2 Å². The molecule has 0 aromatic rings. The van der Waals surface area contributed by atoms with Crippen LogP contribution in [0.2, 0.25) is 0 Å². The van der Waals surface area contributed by atoms with Crippen LogP contribution in [0.1, 0.15) is 20.8 Å². The molecule has 0 rings (SSSR count). The summed E-state index contributed by atoms with van der Waals surface area (Å²) in [6.45, 7) is 11.1. The molecule has 0 saturated carbocycles. The first-order valence-electron chi connectivity index (χ1n) is 4.55. The molecule has 0 unspecified atom stereocenters. The summed E-state index contributed by atoms with van der Waals surface area (Å²) in [6, 6.07) is -0.941. The molecule has 0 N–H and O–H groups in total. The molecule has 0 spiro atoms.